The second-order valence-electron chi connectivity index (χ2n) is 7.18. The topological polar surface area (TPSA) is 98.7 Å². The maximum absolute atomic E-state index is 13.2. The Morgan fingerprint density at radius 3 is 2.82 bits per heavy atom. The van der Waals surface area contributed by atoms with Gasteiger partial charge in [0.05, 0.1) is 22.9 Å². The Bertz CT molecular complexity index is 1440. The van der Waals surface area contributed by atoms with E-state index in [2.05, 4.69) is 25.6 Å². The van der Waals surface area contributed by atoms with Gasteiger partial charge in [-0.05, 0) is 42.8 Å². The summed E-state index contributed by atoms with van der Waals surface area (Å²) in [6.07, 6.45) is 1.56. The first-order chi connectivity index (χ1) is 16.0. The lowest BCUT2D eigenvalue weighted by Crippen LogP contribution is -2.13. The van der Waals surface area contributed by atoms with E-state index in [1.807, 2.05) is 6.92 Å². The SMILES string of the molecule is Cc1nn(C)c2nc(-c3ccco3)cc(C(=O)Nc3nnc(SCc4ccc(F)cc4)s3)c12. The van der Waals surface area contributed by atoms with E-state index in [-0.39, 0.29) is 11.7 Å². The zero-order chi connectivity index (χ0) is 22.9. The molecule has 0 spiro atoms. The predicted molar refractivity (Wildman–Crippen MR) is 125 cm³/mol. The summed E-state index contributed by atoms with van der Waals surface area (Å²) >= 11 is 2.74. The molecule has 0 aliphatic heterocycles. The standard InChI is InChI=1S/C22H17FN6O2S2/c1-12-18-15(10-16(17-4-3-9-31-17)24-19(18)29(2)28-12)20(30)25-21-26-27-22(33-21)32-11-13-5-7-14(23)8-6-13/h3-10H,11H2,1-2H3,(H,25,26,30). The number of hydrogen-bond acceptors (Lipinski definition) is 8. The van der Waals surface area contributed by atoms with Crippen LogP contribution in [0.25, 0.3) is 22.5 Å². The highest BCUT2D eigenvalue weighted by Crippen LogP contribution is 2.30. The number of fused-ring (bicyclic) bond motifs is 1. The molecular formula is C22H17FN6O2S2. The van der Waals surface area contributed by atoms with Gasteiger partial charge in [0.15, 0.2) is 15.7 Å². The third-order valence-corrected chi connectivity index (χ3v) is 6.93. The van der Waals surface area contributed by atoms with Gasteiger partial charge < -0.3 is 4.42 Å². The highest BCUT2D eigenvalue weighted by atomic mass is 32.2. The van der Waals surface area contributed by atoms with Crippen LogP contribution in [-0.4, -0.2) is 30.9 Å². The summed E-state index contributed by atoms with van der Waals surface area (Å²) in [6, 6.07) is 11.6. The second-order valence-corrected chi connectivity index (χ2v) is 9.38. The Morgan fingerprint density at radius 1 is 1.24 bits per heavy atom. The molecule has 1 N–H and O–H groups in total. The van der Waals surface area contributed by atoms with E-state index in [1.54, 1.807) is 48.3 Å². The van der Waals surface area contributed by atoms with Crippen molar-refractivity contribution in [3.8, 4) is 11.5 Å². The molecule has 4 heterocycles. The van der Waals surface area contributed by atoms with Crippen molar-refractivity contribution < 1.29 is 13.6 Å². The smallest absolute Gasteiger partial charge is 0.258 e. The van der Waals surface area contributed by atoms with Gasteiger partial charge in [-0.3, -0.25) is 14.8 Å². The van der Waals surface area contributed by atoms with Crippen molar-refractivity contribution in [1.82, 2.24) is 25.0 Å². The number of nitrogens with one attached hydrogen (secondary N) is 1. The quantitative estimate of drug-likeness (QED) is 0.267. The monoisotopic (exact) mass is 480 g/mol. The van der Waals surface area contributed by atoms with Gasteiger partial charge in [-0.1, -0.05) is 35.2 Å². The van der Waals surface area contributed by atoms with Crippen LogP contribution in [0.1, 0.15) is 21.6 Å². The minimum absolute atomic E-state index is 0.269. The van der Waals surface area contributed by atoms with Crippen molar-refractivity contribution in [2.24, 2.45) is 7.05 Å². The molecule has 5 rings (SSSR count). The summed E-state index contributed by atoms with van der Waals surface area (Å²) in [5, 5.41) is 16.5. The lowest BCUT2D eigenvalue weighted by Gasteiger charge is -2.06. The van der Waals surface area contributed by atoms with Gasteiger partial charge in [-0.15, -0.1) is 10.2 Å². The van der Waals surface area contributed by atoms with Crippen LogP contribution in [0.2, 0.25) is 0 Å². The van der Waals surface area contributed by atoms with E-state index in [4.69, 9.17) is 4.42 Å². The lowest BCUT2D eigenvalue weighted by molar-refractivity contribution is 0.102. The molecule has 0 saturated carbocycles. The Balaban J connectivity index is 1.39. The highest BCUT2D eigenvalue weighted by molar-refractivity contribution is 8.00. The Morgan fingerprint density at radius 2 is 2.06 bits per heavy atom. The molecule has 0 aliphatic rings. The number of nitrogens with zero attached hydrogens (tertiary/aromatic N) is 5. The van der Waals surface area contributed by atoms with E-state index in [1.165, 1.54) is 35.2 Å². The van der Waals surface area contributed by atoms with Crippen LogP contribution in [0.3, 0.4) is 0 Å². The first-order valence-corrected chi connectivity index (χ1v) is 11.7. The normalized spacial score (nSPS) is 11.2. The fraction of sp³-hybridized carbons (Fsp3) is 0.136. The number of pyridine rings is 1. The molecule has 0 saturated heterocycles. The van der Waals surface area contributed by atoms with Crippen LogP contribution in [0.4, 0.5) is 9.52 Å². The third-order valence-electron chi connectivity index (χ3n) is 4.89. The molecule has 0 atom stereocenters. The molecule has 1 aromatic carbocycles. The number of aryl methyl sites for hydroxylation is 2. The molecule has 0 aliphatic carbocycles. The van der Waals surface area contributed by atoms with Crippen LogP contribution in [-0.2, 0) is 12.8 Å². The van der Waals surface area contributed by atoms with E-state index in [9.17, 15) is 9.18 Å². The molecule has 11 heteroatoms. The second kappa shape index (κ2) is 8.75. The highest BCUT2D eigenvalue weighted by Gasteiger charge is 2.21. The number of aromatic nitrogens is 5. The molecule has 1 amide bonds. The number of carbonyl (C=O) groups is 1. The maximum Gasteiger partial charge on any atom is 0.258 e. The Hall–Kier alpha value is -3.57. The number of anilines is 1. The van der Waals surface area contributed by atoms with Gasteiger partial charge in [-0.25, -0.2) is 9.37 Å². The molecule has 0 bridgehead atoms. The number of furan rings is 1. The summed E-state index contributed by atoms with van der Waals surface area (Å²) in [6.45, 7) is 1.84. The lowest BCUT2D eigenvalue weighted by atomic mass is 10.1. The van der Waals surface area contributed by atoms with E-state index in [0.717, 1.165) is 5.56 Å². The molecule has 8 nitrogen and oxygen atoms in total. The molecule has 0 radical (unpaired) electrons. The Kier molecular flexibility index (Phi) is 5.65. The van der Waals surface area contributed by atoms with Crippen molar-refractivity contribution in [3.63, 3.8) is 0 Å². The van der Waals surface area contributed by atoms with Gasteiger partial charge in [0.2, 0.25) is 5.13 Å². The summed E-state index contributed by atoms with van der Waals surface area (Å²) in [4.78, 5) is 17.8. The van der Waals surface area contributed by atoms with Crippen molar-refractivity contribution in [1.29, 1.82) is 0 Å². The van der Waals surface area contributed by atoms with Crippen molar-refractivity contribution in [3.05, 3.63) is 71.4 Å². The number of halogens is 1. The van der Waals surface area contributed by atoms with Gasteiger partial charge >= 0.3 is 0 Å². The van der Waals surface area contributed by atoms with Gasteiger partial charge in [-0.2, -0.15) is 5.10 Å². The summed E-state index contributed by atoms with van der Waals surface area (Å²) in [5.41, 5.74) is 3.21. The van der Waals surface area contributed by atoms with Crippen LogP contribution < -0.4 is 5.32 Å². The zero-order valence-electron chi connectivity index (χ0n) is 17.6. The van der Waals surface area contributed by atoms with Crippen molar-refractivity contribution in [2.75, 3.05) is 5.32 Å². The maximum atomic E-state index is 13.2. The molecule has 166 valence electrons. The number of thioether (sulfide) groups is 1. The predicted octanol–water partition coefficient (Wildman–Crippen LogP) is 5.07. The zero-order valence-corrected chi connectivity index (χ0v) is 19.2. The molecule has 4 aromatic heterocycles. The molecule has 33 heavy (non-hydrogen) atoms. The molecule has 5 aromatic rings. The van der Waals surface area contributed by atoms with Crippen LogP contribution >= 0.6 is 23.1 Å². The van der Waals surface area contributed by atoms with E-state index < -0.39 is 0 Å². The van der Waals surface area contributed by atoms with E-state index in [0.29, 0.717) is 49.0 Å². The average molecular weight is 481 g/mol. The number of rotatable bonds is 6. The fourth-order valence-corrected chi connectivity index (χ4v) is 5.09. The number of benzene rings is 1. The van der Waals surface area contributed by atoms with E-state index >= 15 is 0 Å². The number of carbonyl (C=O) groups excluding carboxylic acids is 1. The minimum Gasteiger partial charge on any atom is -0.463 e. The van der Waals surface area contributed by atoms with Gasteiger partial charge in [0.1, 0.15) is 11.5 Å². The minimum atomic E-state index is -0.336. The fourth-order valence-electron chi connectivity index (χ4n) is 3.38. The van der Waals surface area contributed by atoms with Crippen LogP contribution in [0.15, 0.2) is 57.5 Å². The summed E-state index contributed by atoms with van der Waals surface area (Å²) in [5.74, 6) is 0.571. The molecular weight excluding hydrogens is 463 g/mol. The van der Waals surface area contributed by atoms with Gasteiger partial charge in [0.25, 0.3) is 5.91 Å². The van der Waals surface area contributed by atoms with Crippen LogP contribution in [0, 0.1) is 12.7 Å². The third kappa shape index (κ3) is 4.37. The first-order valence-electron chi connectivity index (χ1n) is 9.88. The largest absolute Gasteiger partial charge is 0.463 e. The Labute approximate surface area is 195 Å². The number of amides is 1. The first kappa shape index (κ1) is 21.3. The molecule has 0 unspecified atom stereocenters. The van der Waals surface area contributed by atoms with Crippen molar-refractivity contribution >= 4 is 45.2 Å². The summed E-state index contributed by atoms with van der Waals surface area (Å²) in [7, 11) is 1.78. The summed E-state index contributed by atoms with van der Waals surface area (Å²) < 4.78 is 20.9. The number of hydrogen-bond donors (Lipinski definition) is 1. The average Bonchev–Trinajstić information content (AvgIpc) is 3.55. The molecule has 0 fully saturated rings. The van der Waals surface area contributed by atoms with Gasteiger partial charge in [0, 0.05) is 12.8 Å². The van der Waals surface area contributed by atoms with Crippen LogP contribution in [0.5, 0.6) is 0 Å². The van der Waals surface area contributed by atoms with Crippen molar-refractivity contribution in [2.45, 2.75) is 17.0 Å².